The maximum absolute atomic E-state index is 16.4. The molecule has 0 aliphatic heterocycles. The molecule has 1 saturated carbocycles. The van der Waals surface area contributed by atoms with Crippen LogP contribution in [0.1, 0.15) is 56.9 Å². The van der Waals surface area contributed by atoms with E-state index in [-0.39, 0.29) is 45.5 Å². The van der Waals surface area contributed by atoms with Crippen molar-refractivity contribution in [3.8, 4) is 22.5 Å². The van der Waals surface area contributed by atoms with Gasteiger partial charge in [0.05, 0.1) is 10.9 Å². The van der Waals surface area contributed by atoms with Crippen LogP contribution < -0.4 is 5.32 Å². The maximum Gasteiger partial charge on any atom is 0.255 e. The lowest BCUT2D eigenvalue weighted by Crippen LogP contribution is -2.18. The SMILES string of the molecule is CNC(=O)c1c(-c2ccc(F)cc2)oc2ccc(-c3cc(C(=O)CC4(c5ncccn5)CC4)c(C)cc3C)c(F)c12. The molecule has 206 valence electrons. The zero-order valence-electron chi connectivity index (χ0n) is 22.8. The lowest BCUT2D eigenvalue weighted by Gasteiger charge is -2.16. The van der Waals surface area contributed by atoms with E-state index >= 15 is 4.39 Å². The molecule has 8 heteroatoms. The van der Waals surface area contributed by atoms with Gasteiger partial charge < -0.3 is 9.73 Å². The van der Waals surface area contributed by atoms with Crippen molar-refractivity contribution in [2.75, 3.05) is 7.05 Å². The standard InChI is InChI=1S/C33H27F2N3O3/c1-18-15-19(2)24(25(39)17-33(11-12-33)32-37-13-4-14-38-32)16-23(18)22-9-10-26-27(29(22)35)28(31(40)36-3)30(41-26)20-5-7-21(34)8-6-20/h4-10,13-16H,11-12,17H2,1-3H3,(H,36,40). The first-order valence-corrected chi connectivity index (χ1v) is 13.4. The Morgan fingerprint density at radius 1 is 0.951 bits per heavy atom. The number of Topliss-reactive ketones (excluding diaryl/α,β-unsaturated/α-hetero) is 1. The highest BCUT2D eigenvalue weighted by atomic mass is 19.1. The van der Waals surface area contributed by atoms with Crippen LogP contribution in [0.25, 0.3) is 33.4 Å². The van der Waals surface area contributed by atoms with Gasteiger partial charge in [-0.3, -0.25) is 9.59 Å². The van der Waals surface area contributed by atoms with Gasteiger partial charge in [-0.25, -0.2) is 18.7 Å². The van der Waals surface area contributed by atoms with Gasteiger partial charge in [-0.1, -0.05) is 6.07 Å². The fourth-order valence-corrected chi connectivity index (χ4v) is 5.55. The van der Waals surface area contributed by atoms with Gasteiger partial charge in [0.25, 0.3) is 5.91 Å². The molecule has 5 aromatic rings. The van der Waals surface area contributed by atoms with Gasteiger partial charge in [-0.15, -0.1) is 0 Å². The molecule has 1 amide bonds. The van der Waals surface area contributed by atoms with Gasteiger partial charge in [0.15, 0.2) is 5.78 Å². The first kappa shape index (κ1) is 26.5. The average molecular weight is 552 g/mol. The summed E-state index contributed by atoms with van der Waals surface area (Å²) in [5.41, 5.74) is 3.17. The summed E-state index contributed by atoms with van der Waals surface area (Å²) in [7, 11) is 1.45. The summed E-state index contributed by atoms with van der Waals surface area (Å²) < 4.78 is 35.9. The smallest absolute Gasteiger partial charge is 0.255 e. The Labute approximate surface area is 235 Å². The Kier molecular flexibility index (Phi) is 6.49. The predicted molar refractivity (Wildman–Crippen MR) is 152 cm³/mol. The molecule has 0 radical (unpaired) electrons. The number of hydrogen-bond donors (Lipinski definition) is 1. The number of aryl methyl sites for hydroxylation is 2. The highest BCUT2D eigenvalue weighted by molar-refractivity contribution is 6.12. The van der Waals surface area contributed by atoms with Gasteiger partial charge in [0.1, 0.15) is 28.8 Å². The Hall–Kier alpha value is -4.72. The van der Waals surface area contributed by atoms with E-state index in [4.69, 9.17) is 4.42 Å². The fraction of sp³-hybridized carbons (Fsp3) is 0.212. The number of halogens is 2. The molecule has 0 unspecified atom stereocenters. The number of nitrogens with zero attached hydrogens (tertiary/aromatic N) is 2. The van der Waals surface area contributed by atoms with Crippen LogP contribution in [0.4, 0.5) is 8.78 Å². The molecule has 41 heavy (non-hydrogen) atoms. The molecule has 6 nitrogen and oxygen atoms in total. The number of hydrogen-bond acceptors (Lipinski definition) is 5. The van der Waals surface area contributed by atoms with Crippen molar-refractivity contribution in [3.05, 3.63) is 107 Å². The van der Waals surface area contributed by atoms with Gasteiger partial charge in [0.2, 0.25) is 0 Å². The van der Waals surface area contributed by atoms with Crippen LogP contribution in [0.2, 0.25) is 0 Å². The van der Waals surface area contributed by atoms with Gasteiger partial charge in [-0.05, 0) is 91.9 Å². The van der Waals surface area contributed by atoms with Gasteiger partial charge in [0, 0.05) is 48.0 Å². The van der Waals surface area contributed by atoms with Crippen LogP contribution in [0, 0.1) is 25.5 Å². The van der Waals surface area contributed by atoms with E-state index in [0.29, 0.717) is 22.5 Å². The van der Waals surface area contributed by atoms with Crippen molar-refractivity contribution in [1.29, 1.82) is 0 Å². The summed E-state index contributed by atoms with van der Waals surface area (Å²) in [5, 5.41) is 2.58. The van der Waals surface area contributed by atoms with Gasteiger partial charge >= 0.3 is 0 Å². The third kappa shape index (κ3) is 4.59. The van der Waals surface area contributed by atoms with E-state index in [1.165, 1.54) is 31.3 Å². The van der Waals surface area contributed by atoms with Gasteiger partial charge in [-0.2, -0.15) is 0 Å². The molecule has 2 aromatic heterocycles. The zero-order valence-corrected chi connectivity index (χ0v) is 22.8. The second kappa shape index (κ2) is 10.0. The first-order valence-electron chi connectivity index (χ1n) is 13.4. The normalized spacial score (nSPS) is 13.8. The minimum atomic E-state index is -0.639. The molecule has 3 aromatic carbocycles. The van der Waals surface area contributed by atoms with Crippen LogP contribution in [0.5, 0.6) is 0 Å². The minimum absolute atomic E-state index is 0.0205. The van der Waals surface area contributed by atoms with Crippen LogP contribution in [0.15, 0.2) is 71.4 Å². The van der Waals surface area contributed by atoms with Crippen molar-refractivity contribution >= 4 is 22.7 Å². The largest absolute Gasteiger partial charge is 0.455 e. The van der Waals surface area contributed by atoms with E-state index in [0.717, 1.165) is 24.0 Å². The van der Waals surface area contributed by atoms with Crippen molar-refractivity contribution in [2.45, 2.75) is 38.5 Å². The molecule has 1 fully saturated rings. The number of benzene rings is 3. The van der Waals surface area contributed by atoms with E-state index in [1.807, 2.05) is 19.9 Å². The molecule has 0 bridgehead atoms. The maximum atomic E-state index is 16.4. The number of carbonyl (C=O) groups is 2. The van der Waals surface area contributed by atoms with Crippen molar-refractivity contribution in [3.63, 3.8) is 0 Å². The Bertz CT molecular complexity index is 1830. The lowest BCUT2D eigenvalue weighted by molar-refractivity contribution is 0.0957. The summed E-state index contributed by atoms with van der Waals surface area (Å²) in [6, 6.07) is 14.0. The molecule has 6 rings (SSSR count). The van der Waals surface area contributed by atoms with E-state index in [1.54, 1.807) is 36.7 Å². The molecular weight excluding hydrogens is 524 g/mol. The van der Waals surface area contributed by atoms with E-state index in [2.05, 4.69) is 15.3 Å². The Morgan fingerprint density at radius 2 is 1.66 bits per heavy atom. The lowest BCUT2D eigenvalue weighted by atomic mass is 9.88. The topological polar surface area (TPSA) is 85.1 Å². The van der Waals surface area contributed by atoms with Crippen molar-refractivity contribution in [2.24, 2.45) is 0 Å². The molecule has 0 spiro atoms. The highest BCUT2D eigenvalue weighted by Crippen LogP contribution is 2.50. The van der Waals surface area contributed by atoms with Crippen molar-refractivity contribution < 1.29 is 22.8 Å². The molecule has 0 atom stereocenters. The van der Waals surface area contributed by atoms with Crippen LogP contribution in [-0.4, -0.2) is 28.7 Å². The number of ketones is 1. The van der Waals surface area contributed by atoms with Crippen LogP contribution in [0.3, 0.4) is 0 Å². The number of amides is 1. The molecule has 2 heterocycles. The van der Waals surface area contributed by atoms with Crippen LogP contribution in [-0.2, 0) is 5.41 Å². The number of carbonyl (C=O) groups excluding carboxylic acids is 2. The molecule has 1 N–H and O–H groups in total. The minimum Gasteiger partial charge on any atom is -0.455 e. The fourth-order valence-electron chi connectivity index (χ4n) is 5.55. The molecule has 0 saturated heterocycles. The summed E-state index contributed by atoms with van der Waals surface area (Å²) in [6.07, 6.45) is 5.32. The summed E-state index contributed by atoms with van der Waals surface area (Å²) in [5.74, 6) is -0.848. The average Bonchev–Trinajstić information content (AvgIpc) is 3.64. The Balaban J connectivity index is 1.45. The summed E-state index contributed by atoms with van der Waals surface area (Å²) in [6.45, 7) is 3.73. The number of fused-ring (bicyclic) bond motifs is 1. The highest BCUT2D eigenvalue weighted by Gasteiger charge is 2.48. The second-order valence-corrected chi connectivity index (χ2v) is 10.6. The predicted octanol–water partition coefficient (Wildman–Crippen LogP) is 7.12. The number of nitrogens with one attached hydrogen (secondary N) is 1. The zero-order chi connectivity index (χ0) is 28.9. The van der Waals surface area contributed by atoms with E-state index in [9.17, 15) is 14.0 Å². The molecular formula is C33H27F2N3O3. The summed E-state index contributed by atoms with van der Waals surface area (Å²) in [4.78, 5) is 35.4. The number of furan rings is 1. The number of rotatable bonds is 7. The summed E-state index contributed by atoms with van der Waals surface area (Å²) >= 11 is 0. The van der Waals surface area contributed by atoms with E-state index < -0.39 is 17.5 Å². The third-order valence-corrected chi connectivity index (χ3v) is 7.91. The first-order chi connectivity index (χ1) is 19.7. The third-order valence-electron chi connectivity index (χ3n) is 7.91. The monoisotopic (exact) mass is 551 g/mol. The van der Waals surface area contributed by atoms with Crippen LogP contribution >= 0.6 is 0 Å². The number of aromatic nitrogens is 2. The molecule has 1 aliphatic rings. The van der Waals surface area contributed by atoms with Crippen molar-refractivity contribution in [1.82, 2.24) is 15.3 Å². The Morgan fingerprint density at radius 3 is 2.32 bits per heavy atom. The second-order valence-electron chi connectivity index (χ2n) is 10.6. The molecule has 1 aliphatic carbocycles. The quantitative estimate of drug-likeness (QED) is 0.218.